The van der Waals surface area contributed by atoms with Crippen LogP contribution in [0.1, 0.15) is 27.5 Å². The van der Waals surface area contributed by atoms with Crippen molar-refractivity contribution in [1.82, 2.24) is 10.6 Å². The Bertz CT molecular complexity index is 1160. The largest absolute Gasteiger partial charge is 0.357 e. The van der Waals surface area contributed by atoms with Gasteiger partial charge in [0.05, 0.1) is 11.6 Å². The van der Waals surface area contributed by atoms with Crippen LogP contribution in [0.25, 0.3) is 11.1 Å². The molecule has 1 atom stereocenters. The lowest BCUT2D eigenvalue weighted by molar-refractivity contribution is -0.122. The lowest BCUT2D eigenvalue weighted by Crippen LogP contribution is -2.39. The molecule has 30 heavy (non-hydrogen) atoms. The van der Waals surface area contributed by atoms with Crippen LogP contribution in [0.4, 0.5) is 8.78 Å². The van der Waals surface area contributed by atoms with E-state index in [2.05, 4.69) is 16.7 Å². The number of nitriles is 1. The minimum Gasteiger partial charge on any atom is -0.357 e. The van der Waals surface area contributed by atoms with Crippen LogP contribution in [0, 0.1) is 23.0 Å². The third kappa shape index (κ3) is 4.18. The fraction of sp³-hybridized carbons (Fsp3) is 0.0870. The molecule has 3 aromatic carbocycles. The van der Waals surface area contributed by atoms with E-state index in [4.69, 9.17) is 0 Å². The number of likely N-dealkylation sites (N-methyl/N-ethyl adjacent to an activating group) is 1. The number of nitrogens with one attached hydrogen (secondary N) is 2. The molecular weight excluding hydrogens is 388 g/mol. The van der Waals surface area contributed by atoms with Gasteiger partial charge in [-0.2, -0.15) is 5.26 Å². The summed E-state index contributed by atoms with van der Waals surface area (Å²) in [4.78, 5) is 25.4. The fourth-order valence-electron chi connectivity index (χ4n) is 3.08. The number of hydrogen-bond donors (Lipinski definition) is 2. The molecule has 3 aromatic rings. The Morgan fingerprint density at radius 3 is 2.27 bits per heavy atom. The Morgan fingerprint density at radius 2 is 1.60 bits per heavy atom. The third-order valence-corrected chi connectivity index (χ3v) is 4.57. The first-order valence-electron chi connectivity index (χ1n) is 9.02. The van der Waals surface area contributed by atoms with Crippen molar-refractivity contribution in [2.45, 2.75) is 6.04 Å². The smallest absolute Gasteiger partial charge is 0.252 e. The van der Waals surface area contributed by atoms with Gasteiger partial charge in [-0.1, -0.05) is 42.5 Å². The molecule has 150 valence electrons. The lowest BCUT2D eigenvalue weighted by Gasteiger charge is -2.19. The van der Waals surface area contributed by atoms with Gasteiger partial charge in [-0.25, -0.2) is 8.78 Å². The molecule has 0 fully saturated rings. The van der Waals surface area contributed by atoms with E-state index >= 15 is 0 Å². The van der Waals surface area contributed by atoms with Crippen molar-refractivity contribution in [3.8, 4) is 17.2 Å². The Kier molecular flexibility index (Phi) is 6.18. The summed E-state index contributed by atoms with van der Waals surface area (Å²) in [5.41, 5.74) is 1.79. The summed E-state index contributed by atoms with van der Waals surface area (Å²) in [6, 6.07) is 17.3. The zero-order valence-electron chi connectivity index (χ0n) is 15.9. The number of benzene rings is 3. The van der Waals surface area contributed by atoms with Gasteiger partial charge in [0.15, 0.2) is 11.6 Å². The minimum absolute atomic E-state index is 0.0940. The summed E-state index contributed by atoms with van der Waals surface area (Å²) < 4.78 is 27.0. The number of halogens is 2. The van der Waals surface area contributed by atoms with E-state index in [1.54, 1.807) is 48.5 Å². The predicted octanol–water partition coefficient (Wildman–Crippen LogP) is 3.72. The molecule has 0 saturated heterocycles. The number of nitrogens with zero attached hydrogens (tertiary/aromatic N) is 1. The van der Waals surface area contributed by atoms with Crippen LogP contribution < -0.4 is 10.6 Å². The van der Waals surface area contributed by atoms with Crippen molar-refractivity contribution in [3.05, 3.63) is 95.1 Å². The van der Waals surface area contributed by atoms with E-state index in [1.807, 2.05) is 0 Å². The fourth-order valence-corrected chi connectivity index (χ4v) is 3.08. The average Bonchev–Trinajstić information content (AvgIpc) is 2.78. The molecule has 0 bridgehead atoms. The predicted molar refractivity (Wildman–Crippen MR) is 107 cm³/mol. The molecule has 2 amide bonds. The molecule has 0 aliphatic rings. The quantitative estimate of drug-likeness (QED) is 0.679. The highest BCUT2D eigenvalue weighted by molar-refractivity contribution is 6.03. The van der Waals surface area contributed by atoms with Crippen molar-refractivity contribution in [1.29, 1.82) is 5.26 Å². The van der Waals surface area contributed by atoms with Gasteiger partial charge in [0.2, 0.25) is 5.91 Å². The maximum atomic E-state index is 13.7. The summed E-state index contributed by atoms with van der Waals surface area (Å²) in [6.45, 7) is 0. The van der Waals surface area contributed by atoms with Crippen molar-refractivity contribution in [3.63, 3.8) is 0 Å². The molecule has 3 rings (SSSR count). The maximum Gasteiger partial charge on any atom is 0.252 e. The van der Waals surface area contributed by atoms with Gasteiger partial charge in [-0.3, -0.25) is 9.59 Å². The van der Waals surface area contributed by atoms with Crippen LogP contribution in [-0.2, 0) is 4.79 Å². The molecule has 2 N–H and O–H groups in total. The van der Waals surface area contributed by atoms with E-state index in [-0.39, 0.29) is 11.1 Å². The lowest BCUT2D eigenvalue weighted by atomic mass is 9.95. The first-order valence-corrected chi connectivity index (χ1v) is 9.02. The normalized spacial score (nSPS) is 11.3. The number of amides is 2. The Morgan fingerprint density at radius 1 is 0.933 bits per heavy atom. The molecule has 0 heterocycles. The highest BCUT2D eigenvalue weighted by atomic mass is 19.2. The van der Waals surface area contributed by atoms with Gasteiger partial charge < -0.3 is 10.6 Å². The Hall–Kier alpha value is -4.05. The van der Waals surface area contributed by atoms with Crippen LogP contribution in [0.15, 0.2) is 66.7 Å². The molecule has 0 aliphatic heterocycles. The molecule has 7 heteroatoms. The standard InChI is InChI=1S/C23H17F2N3O2/c1-27-23(30)21(14-10-11-19(24)20(25)12-14)28-22(29)18-9-5-4-8-17(18)16-7-3-2-6-15(16)13-26/h2-12,21H,1H3,(H,27,30)(H,28,29). The zero-order chi connectivity index (χ0) is 21.7. The molecule has 0 saturated carbocycles. The van der Waals surface area contributed by atoms with Gasteiger partial charge in [-0.15, -0.1) is 0 Å². The molecule has 0 radical (unpaired) electrons. The number of hydrogen-bond acceptors (Lipinski definition) is 3. The first-order chi connectivity index (χ1) is 14.5. The van der Waals surface area contributed by atoms with Crippen molar-refractivity contribution >= 4 is 11.8 Å². The highest BCUT2D eigenvalue weighted by Crippen LogP contribution is 2.27. The second-order valence-electron chi connectivity index (χ2n) is 6.40. The molecule has 0 aromatic heterocycles. The van der Waals surface area contributed by atoms with Crippen LogP contribution >= 0.6 is 0 Å². The molecule has 0 aliphatic carbocycles. The SMILES string of the molecule is CNC(=O)C(NC(=O)c1ccccc1-c1ccccc1C#N)c1ccc(F)c(F)c1. The average molecular weight is 405 g/mol. The maximum absolute atomic E-state index is 13.7. The van der Waals surface area contributed by atoms with Crippen LogP contribution in [0.2, 0.25) is 0 Å². The monoisotopic (exact) mass is 405 g/mol. The first kappa shape index (κ1) is 20.7. The Balaban J connectivity index is 2.01. The van der Waals surface area contributed by atoms with Crippen LogP contribution in [0.3, 0.4) is 0 Å². The Labute approximate surface area is 172 Å². The number of rotatable bonds is 5. The minimum atomic E-state index is -1.24. The highest BCUT2D eigenvalue weighted by Gasteiger charge is 2.25. The van der Waals surface area contributed by atoms with E-state index in [0.29, 0.717) is 16.7 Å². The second kappa shape index (κ2) is 8.97. The van der Waals surface area contributed by atoms with Gasteiger partial charge >= 0.3 is 0 Å². The van der Waals surface area contributed by atoms with Crippen molar-refractivity contribution < 1.29 is 18.4 Å². The zero-order valence-corrected chi connectivity index (χ0v) is 15.9. The topological polar surface area (TPSA) is 82.0 Å². The summed E-state index contributed by atoms with van der Waals surface area (Å²) in [5.74, 6) is -3.38. The van der Waals surface area contributed by atoms with Crippen LogP contribution in [-0.4, -0.2) is 18.9 Å². The number of carbonyl (C=O) groups is 2. The van der Waals surface area contributed by atoms with Gasteiger partial charge in [-0.05, 0) is 35.4 Å². The summed E-state index contributed by atoms with van der Waals surface area (Å²) in [7, 11) is 1.37. The van der Waals surface area contributed by atoms with E-state index in [9.17, 15) is 23.6 Å². The third-order valence-electron chi connectivity index (χ3n) is 4.57. The second-order valence-corrected chi connectivity index (χ2v) is 6.40. The molecular formula is C23H17F2N3O2. The van der Waals surface area contributed by atoms with E-state index in [1.165, 1.54) is 13.1 Å². The summed E-state index contributed by atoms with van der Waals surface area (Å²) >= 11 is 0. The van der Waals surface area contributed by atoms with Crippen molar-refractivity contribution in [2.24, 2.45) is 0 Å². The summed E-state index contributed by atoms with van der Waals surface area (Å²) in [6.07, 6.45) is 0. The summed E-state index contributed by atoms with van der Waals surface area (Å²) in [5, 5.41) is 14.4. The molecule has 0 spiro atoms. The van der Waals surface area contributed by atoms with E-state index in [0.717, 1.165) is 12.1 Å². The van der Waals surface area contributed by atoms with Crippen LogP contribution in [0.5, 0.6) is 0 Å². The number of carbonyl (C=O) groups excluding carboxylic acids is 2. The van der Waals surface area contributed by atoms with Gasteiger partial charge in [0.1, 0.15) is 6.04 Å². The van der Waals surface area contributed by atoms with Gasteiger partial charge in [0.25, 0.3) is 5.91 Å². The molecule has 1 unspecified atom stereocenters. The van der Waals surface area contributed by atoms with E-state index < -0.39 is 29.5 Å². The molecule has 5 nitrogen and oxygen atoms in total. The van der Waals surface area contributed by atoms with Gasteiger partial charge in [0, 0.05) is 18.2 Å². The van der Waals surface area contributed by atoms with Crippen molar-refractivity contribution in [2.75, 3.05) is 7.05 Å².